The molecule has 1 saturated heterocycles. The summed E-state index contributed by atoms with van der Waals surface area (Å²) in [4.78, 5) is 19.3. The zero-order valence-electron chi connectivity index (χ0n) is 17.3. The van der Waals surface area contributed by atoms with Crippen molar-refractivity contribution in [3.8, 4) is 5.69 Å². The van der Waals surface area contributed by atoms with Crippen LogP contribution in [0.2, 0.25) is 5.02 Å². The van der Waals surface area contributed by atoms with Crippen molar-refractivity contribution in [1.29, 1.82) is 0 Å². The number of halogens is 1. The Bertz CT molecular complexity index is 1280. The van der Waals surface area contributed by atoms with Crippen LogP contribution in [-0.4, -0.2) is 49.4 Å². The minimum absolute atomic E-state index is 0.0329. The maximum Gasteiger partial charge on any atom is 0.272 e. The van der Waals surface area contributed by atoms with Crippen LogP contribution in [0.1, 0.15) is 28.3 Å². The summed E-state index contributed by atoms with van der Waals surface area (Å²) >= 11 is 6.09. The number of aryl methyl sites for hydroxylation is 2. The lowest BCUT2D eigenvalue weighted by atomic mass is 10.2. The van der Waals surface area contributed by atoms with Crippen molar-refractivity contribution in [2.24, 2.45) is 0 Å². The van der Waals surface area contributed by atoms with Gasteiger partial charge in [-0.2, -0.15) is 5.10 Å². The molecule has 4 aromatic rings. The molecule has 0 aliphatic carbocycles. The molecule has 9 heteroatoms. The van der Waals surface area contributed by atoms with E-state index in [0.717, 1.165) is 41.5 Å². The maximum absolute atomic E-state index is 12.8. The van der Waals surface area contributed by atoms with E-state index in [1.165, 1.54) is 0 Å². The van der Waals surface area contributed by atoms with Gasteiger partial charge >= 0.3 is 0 Å². The molecular weight excluding hydrogens is 414 g/mol. The van der Waals surface area contributed by atoms with Gasteiger partial charge in [0, 0.05) is 29.8 Å². The minimum atomic E-state index is -0.176. The molecule has 0 bridgehead atoms. The average molecular weight is 436 g/mol. The molecule has 1 fully saturated rings. The van der Waals surface area contributed by atoms with Gasteiger partial charge in [-0.05, 0) is 56.7 Å². The second kappa shape index (κ2) is 7.70. The highest BCUT2D eigenvalue weighted by Crippen LogP contribution is 2.20. The van der Waals surface area contributed by atoms with E-state index in [1.807, 2.05) is 61.0 Å². The van der Waals surface area contributed by atoms with Crippen molar-refractivity contribution in [1.82, 2.24) is 29.7 Å². The Kier molecular flexibility index (Phi) is 4.86. The van der Waals surface area contributed by atoms with E-state index in [2.05, 4.69) is 25.4 Å². The predicted molar refractivity (Wildman–Crippen MR) is 119 cm³/mol. The Morgan fingerprint density at radius 3 is 2.84 bits per heavy atom. The van der Waals surface area contributed by atoms with Crippen molar-refractivity contribution in [2.75, 3.05) is 18.0 Å². The molecule has 0 saturated carbocycles. The third-order valence-corrected chi connectivity index (χ3v) is 5.77. The summed E-state index contributed by atoms with van der Waals surface area (Å²) in [5.74, 6) is 0.705. The summed E-state index contributed by atoms with van der Waals surface area (Å²) in [5, 5.41) is 12.9. The minimum Gasteiger partial charge on any atom is -0.353 e. The topological polar surface area (TPSA) is 80.3 Å². The van der Waals surface area contributed by atoms with Gasteiger partial charge in [-0.1, -0.05) is 17.7 Å². The molecule has 158 valence electrons. The molecule has 1 N–H and O–H groups in total. The average Bonchev–Trinajstić information content (AvgIpc) is 3.47. The fourth-order valence-corrected chi connectivity index (χ4v) is 4.13. The maximum atomic E-state index is 12.8. The first-order valence-corrected chi connectivity index (χ1v) is 10.6. The molecule has 31 heavy (non-hydrogen) atoms. The predicted octanol–water partition coefficient (Wildman–Crippen LogP) is 3.19. The molecule has 1 aliphatic heterocycles. The standard InChI is InChI=1S/C22H22ClN7O/c1-14-10-19(26-29(14)18-5-3-4-16(23)11-18)22(31)25-17-8-9-28(13-17)21-7-6-20-24-12-15(2)30(20)27-21/h3-7,10-12,17H,8-9,13H2,1-2H3,(H,25,31)/t17-/m0/s1. The quantitative estimate of drug-likeness (QED) is 0.532. The molecule has 1 aliphatic rings. The SMILES string of the molecule is Cc1cc(C(=O)N[C@H]2CCN(c3ccc4ncc(C)n4n3)C2)nn1-c1cccc(Cl)c1. The Balaban J connectivity index is 1.28. The van der Waals surface area contributed by atoms with Crippen molar-refractivity contribution < 1.29 is 4.79 Å². The summed E-state index contributed by atoms with van der Waals surface area (Å²) in [6, 6.07) is 13.2. The molecule has 0 unspecified atom stereocenters. The zero-order chi connectivity index (χ0) is 21.5. The summed E-state index contributed by atoms with van der Waals surface area (Å²) in [7, 11) is 0. The third kappa shape index (κ3) is 3.74. The van der Waals surface area contributed by atoms with Gasteiger partial charge < -0.3 is 10.2 Å². The molecule has 1 amide bonds. The number of fused-ring (bicyclic) bond motifs is 1. The van der Waals surface area contributed by atoms with Crippen molar-refractivity contribution in [2.45, 2.75) is 26.3 Å². The first kappa shape index (κ1) is 19.6. The number of imidazole rings is 1. The number of nitrogens with one attached hydrogen (secondary N) is 1. The van der Waals surface area contributed by atoms with Crippen LogP contribution < -0.4 is 10.2 Å². The van der Waals surface area contributed by atoms with Crippen LogP contribution in [0.15, 0.2) is 48.7 Å². The van der Waals surface area contributed by atoms with E-state index >= 15 is 0 Å². The highest BCUT2D eigenvalue weighted by Gasteiger charge is 2.26. The van der Waals surface area contributed by atoms with Crippen LogP contribution in [0.5, 0.6) is 0 Å². The first-order chi connectivity index (χ1) is 15.0. The second-order valence-electron chi connectivity index (χ2n) is 7.83. The normalized spacial score (nSPS) is 16.2. The number of hydrogen-bond acceptors (Lipinski definition) is 5. The number of anilines is 1. The van der Waals surface area contributed by atoms with Crippen molar-refractivity contribution in [3.63, 3.8) is 0 Å². The Hall–Kier alpha value is -3.39. The van der Waals surface area contributed by atoms with Crippen LogP contribution in [0, 0.1) is 13.8 Å². The number of amides is 1. The third-order valence-electron chi connectivity index (χ3n) is 5.54. The summed E-state index contributed by atoms with van der Waals surface area (Å²) in [6.07, 6.45) is 2.66. The van der Waals surface area contributed by atoms with E-state index < -0.39 is 0 Å². The highest BCUT2D eigenvalue weighted by atomic mass is 35.5. The van der Waals surface area contributed by atoms with Gasteiger partial charge in [-0.15, -0.1) is 5.10 Å². The lowest BCUT2D eigenvalue weighted by molar-refractivity contribution is 0.0935. The molecule has 8 nitrogen and oxygen atoms in total. The first-order valence-electron chi connectivity index (χ1n) is 10.2. The molecular formula is C22H22ClN7O. The summed E-state index contributed by atoms with van der Waals surface area (Å²) in [5.41, 5.74) is 3.91. The van der Waals surface area contributed by atoms with E-state index in [0.29, 0.717) is 17.3 Å². The Morgan fingerprint density at radius 1 is 1.13 bits per heavy atom. The van der Waals surface area contributed by atoms with E-state index in [-0.39, 0.29) is 11.9 Å². The van der Waals surface area contributed by atoms with Crippen LogP contribution in [0.3, 0.4) is 0 Å². The van der Waals surface area contributed by atoms with Gasteiger partial charge in [-0.3, -0.25) is 4.79 Å². The van der Waals surface area contributed by atoms with Crippen LogP contribution in [0.25, 0.3) is 11.3 Å². The largest absolute Gasteiger partial charge is 0.353 e. The second-order valence-corrected chi connectivity index (χ2v) is 8.27. The number of rotatable bonds is 4. The number of benzene rings is 1. The fourth-order valence-electron chi connectivity index (χ4n) is 3.95. The summed E-state index contributed by atoms with van der Waals surface area (Å²) in [6.45, 7) is 5.43. The van der Waals surface area contributed by atoms with Crippen LogP contribution in [0.4, 0.5) is 5.82 Å². The van der Waals surface area contributed by atoms with Gasteiger partial charge in [0.2, 0.25) is 0 Å². The van der Waals surface area contributed by atoms with Gasteiger partial charge in [0.1, 0.15) is 5.82 Å². The molecule has 4 heterocycles. The zero-order valence-corrected chi connectivity index (χ0v) is 18.0. The number of aromatic nitrogens is 5. The Morgan fingerprint density at radius 2 is 2.00 bits per heavy atom. The van der Waals surface area contributed by atoms with E-state index in [9.17, 15) is 4.79 Å². The van der Waals surface area contributed by atoms with Gasteiger partial charge in [0.25, 0.3) is 5.91 Å². The highest BCUT2D eigenvalue weighted by molar-refractivity contribution is 6.30. The Labute approximate surface area is 184 Å². The number of carbonyl (C=O) groups excluding carboxylic acids is 1. The fraction of sp³-hybridized carbons (Fsp3) is 0.273. The van der Waals surface area contributed by atoms with E-state index in [1.54, 1.807) is 10.7 Å². The van der Waals surface area contributed by atoms with Gasteiger partial charge in [-0.25, -0.2) is 14.2 Å². The van der Waals surface area contributed by atoms with Gasteiger partial charge in [0.15, 0.2) is 11.3 Å². The van der Waals surface area contributed by atoms with Gasteiger partial charge in [0.05, 0.1) is 17.6 Å². The molecule has 1 atom stereocenters. The molecule has 3 aromatic heterocycles. The number of carbonyl (C=O) groups is 1. The number of nitrogens with zero attached hydrogens (tertiary/aromatic N) is 6. The molecule has 0 spiro atoms. The molecule has 0 radical (unpaired) electrons. The smallest absolute Gasteiger partial charge is 0.272 e. The van der Waals surface area contributed by atoms with Crippen molar-refractivity contribution in [3.05, 3.63) is 70.8 Å². The monoisotopic (exact) mass is 435 g/mol. The molecule has 5 rings (SSSR count). The molecule has 1 aromatic carbocycles. The van der Waals surface area contributed by atoms with Crippen LogP contribution >= 0.6 is 11.6 Å². The lowest BCUT2D eigenvalue weighted by Crippen LogP contribution is -2.37. The summed E-state index contributed by atoms with van der Waals surface area (Å²) < 4.78 is 3.57. The number of hydrogen-bond donors (Lipinski definition) is 1. The van der Waals surface area contributed by atoms with Crippen molar-refractivity contribution >= 4 is 29.0 Å². The van der Waals surface area contributed by atoms with Crippen LogP contribution in [-0.2, 0) is 0 Å². The lowest BCUT2D eigenvalue weighted by Gasteiger charge is -2.18. The van der Waals surface area contributed by atoms with E-state index in [4.69, 9.17) is 11.6 Å².